The van der Waals surface area contributed by atoms with Crippen LogP contribution in [0.15, 0.2) is 24.3 Å². The van der Waals surface area contributed by atoms with Crippen LogP contribution in [0.5, 0.6) is 0 Å². The Hall–Kier alpha value is -1.48. The van der Waals surface area contributed by atoms with Crippen LogP contribution in [0.4, 0.5) is 0 Å². The zero-order valence-electron chi connectivity index (χ0n) is 10.7. The van der Waals surface area contributed by atoms with Crippen molar-refractivity contribution in [2.75, 3.05) is 0 Å². The third-order valence-corrected chi connectivity index (χ3v) is 2.97. The maximum Gasteiger partial charge on any atom is 0.201 e. The molecule has 17 heavy (non-hydrogen) atoms. The molecule has 1 N–H and O–H groups in total. The minimum atomic E-state index is -1.93. The van der Waals surface area contributed by atoms with E-state index in [9.17, 15) is 14.7 Å². The number of rotatable bonds is 4. The molecule has 0 saturated heterocycles. The number of Topliss-reactive ketones (excluding diaryl/α,β-unsaturated/α-hetero) is 2. The first kappa shape index (κ1) is 13.6. The van der Waals surface area contributed by atoms with Crippen molar-refractivity contribution in [3.05, 3.63) is 35.4 Å². The molecular formula is C14H18O3. The summed E-state index contributed by atoms with van der Waals surface area (Å²) in [7, 11) is 0. The van der Waals surface area contributed by atoms with E-state index in [4.69, 9.17) is 0 Å². The van der Waals surface area contributed by atoms with Gasteiger partial charge in [-0.15, -0.1) is 0 Å². The molecule has 1 aromatic rings. The van der Waals surface area contributed by atoms with Gasteiger partial charge in [-0.3, -0.25) is 9.59 Å². The van der Waals surface area contributed by atoms with Gasteiger partial charge in [0.15, 0.2) is 11.4 Å². The van der Waals surface area contributed by atoms with Crippen LogP contribution in [0.25, 0.3) is 0 Å². The Balaban J connectivity index is 3.02. The number of benzene rings is 1. The summed E-state index contributed by atoms with van der Waals surface area (Å²) in [6.07, 6.45) is 0. The monoisotopic (exact) mass is 234 g/mol. The van der Waals surface area contributed by atoms with Crippen LogP contribution >= 0.6 is 0 Å². The van der Waals surface area contributed by atoms with Crippen LogP contribution in [0.2, 0.25) is 0 Å². The number of hydrogen-bond acceptors (Lipinski definition) is 3. The fourth-order valence-corrected chi connectivity index (χ4v) is 1.46. The second-order valence-corrected chi connectivity index (χ2v) is 4.73. The molecule has 0 spiro atoms. The zero-order valence-corrected chi connectivity index (χ0v) is 10.7. The smallest absolute Gasteiger partial charge is 0.201 e. The van der Waals surface area contributed by atoms with Gasteiger partial charge in [0.1, 0.15) is 0 Å². The fourth-order valence-electron chi connectivity index (χ4n) is 1.46. The van der Waals surface area contributed by atoms with Crippen molar-refractivity contribution in [1.82, 2.24) is 0 Å². The molecule has 3 heteroatoms. The number of carbonyl (C=O) groups excluding carboxylic acids is 2. The predicted octanol–water partition coefficient (Wildman–Crippen LogP) is 2.33. The van der Waals surface area contributed by atoms with Gasteiger partial charge in [0, 0.05) is 5.56 Å². The molecule has 1 aromatic carbocycles. The third kappa shape index (κ3) is 2.80. The van der Waals surface area contributed by atoms with E-state index >= 15 is 0 Å². The summed E-state index contributed by atoms with van der Waals surface area (Å²) in [4.78, 5) is 23.1. The summed E-state index contributed by atoms with van der Waals surface area (Å²) in [5, 5.41) is 9.79. The topological polar surface area (TPSA) is 54.4 Å². The van der Waals surface area contributed by atoms with Gasteiger partial charge in [-0.2, -0.15) is 0 Å². The molecule has 0 aliphatic carbocycles. The largest absolute Gasteiger partial charge is 0.374 e. The summed E-state index contributed by atoms with van der Waals surface area (Å²) in [6, 6.07) is 6.98. The number of hydrogen-bond donors (Lipinski definition) is 1. The molecule has 92 valence electrons. The standard InChI is InChI=1S/C14H18O3/c1-9(2)11-5-7-12(8-6-11)13(16)14(4,17)10(3)15/h5-9,17H,1-4H3. The Labute approximate surface area is 101 Å². The Morgan fingerprint density at radius 1 is 1.18 bits per heavy atom. The number of ketones is 2. The summed E-state index contributed by atoms with van der Waals surface area (Å²) in [6.45, 7) is 6.56. The predicted molar refractivity (Wildman–Crippen MR) is 66.2 cm³/mol. The van der Waals surface area contributed by atoms with Crippen LogP contribution in [-0.4, -0.2) is 22.3 Å². The lowest BCUT2D eigenvalue weighted by molar-refractivity contribution is -0.129. The molecule has 0 heterocycles. The van der Waals surface area contributed by atoms with E-state index < -0.39 is 17.2 Å². The second-order valence-electron chi connectivity index (χ2n) is 4.73. The molecular weight excluding hydrogens is 216 g/mol. The van der Waals surface area contributed by atoms with Gasteiger partial charge in [0.2, 0.25) is 5.78 Å². The van der Waals surface area contributed by atoms with Crippen molar-refractivity contribution in [3.63, 3.8) is 0 Å². The summed E-state index contributed by atoms with van der Waals surface area (Å²) < 4.78 is 0. The molecule has 0 aliphatic heterocycles. The van der Waals surface area contributed by atoms with Crippen LogP contribution in [0.3, 0.4) is 0 Å². The van der Waals surface area contributed by atoms with E-state index in [0.717, 1.165) is 5.56 Å². The van der Waals surface area contributed by atoms with E-state index in [1.807, 2.05) is 12.1 Å². The van der Waals surface area contributed by atoms with E-state index in [1.165, 1.54) is 13.8 Å². The van der Waals surface area contributed by atoms with Crippen molar-refractivity contribution >= 4 is 11.6 Å². The maximum absolute atomic E-state index is 11.9. The summed E-state index contributed by atoms with van der Waals surface area (Å²) in [5.41, 5.74) is -0.460. The molecule has 0 aliphatic rings. The lowest BCUT2D eigenvalue weighted by Crippen LogP contribution is -2.42. The SMILES string of the molecule is CC(=O)C(C)(O)C(=O)c1ccc(C(C)C)cc1. The van der Waals surface area contributed by atoms with E-state index in [0.29, 0.717) is 11.5 Å². The van der Waals surface area contributed by atoms with Crippen LogP contribution in [0.1, 0.15) is 49.5 Å². The second kappa shape index (κ2) is 4.80. The normalized spacial score (nSPS) is 14.5. The highest BCUT2D eigenvalue weighted by Gasteiger charge is 2.35. The third-order valence-electron chi connectivity index (χ3n) is 2.97. The first-order chi connectivity index (χ1) is 7.76. The van der Waals surface area contributed by atoms with Gasteiger partial charge in [-0.25, -0.2) is 0 Å². The van der Waals surface area contributed by atoms with E-state index in [-0.39, 0.29) is 0 Å². The first-order valence-electron chi connectivity index (χ1n) is 5.65. The van der Waals surface area contributed by atoms with Crippen molar-refractivity contribution in [2.24, 2.45) is 0 Å². The number of carbonyl (C=O) groups is 2. The maximum atomic E-state index is 11.9. The van der Waals surface area contributed by atoms with Gasteiger partial charge in [0.05, 0.1) is 0 Å². The van der Waals surface area contributed by atoms with Crippen molar-refractivity contribution in [2.45, 2.75) is 39.2 Å². The van der Waals surface area contributed by atoms with Gasteiger partial charge < -0.3 is 5.11 Å². The molecule has 0 saturated carbocycles. The minimum absolute atomic E-state index is 0.356. The molecule has 1 rings (SSSR count). The van der Waals surface area contributed by atoms with Crippen molar-refractivity contribution in [1.29, 1.82) is 0 Å². The van der Waals surface area contributed by atoms with Gasteiger partial charge >= 0.3 is 0 Å². The van der Waals surface area contributed by atoms with Crippen molar-refractivity contribution < 1.29 is 14.7 Å². The average molecular weight is 234 g/mol. The quantitative estimate of drug-likeness (QED) is 0.642. The minimum Gasteiger partial charge on any atom is -0.374 e. The molecule has 0 bridgehead atoms. The molecule has 0 amide bonds. The zero-order chi connectivity index (χ0) is 13.2. The summed E-state index contributed by atoms with van der Waals surface area (Å²) >= 11 is 0. The highest BCUT2D eigenvalue weighted by Crippen LogP contribution is 2.18. The van der Waals surface area contributed by atoms with E-state index in [2.05, 4.69) is 13.8 Å². The first-order valence-corrected chi connectivity index (χ1v) is 5.65. The highest BCUT2D eigenvalue weighted by molar-refractivity contribution is 6.16. The lowest BCUT2D eigenvalue weighted by atomic mass is 9.90. The average Bonchev–Trinajstić information content (AvgIpc) is 2.27. The van der Waals surface area contributed by atoms with Crippen LogP contribution < -0.4 is 0 Å². The lowest BCUT2D eigenvalue weighted by Gasteiger charge is -2.18. The van der Waals surface area contributed by atoms with Crippen LogP contribution in [0, 0.1) is 0 Å². The molecule has 0 radical (unpaired) electrons. The Morgan fingerprint density at radius 2 is 1.65 bits per heavy atom. The van der Waals surface area contributed by atoms with Crippen LogP contribution in [-0.2, 0) is 4.79 Å². The Morgan fingerprint density at radius 3 is 2.00 bits per heavy atom. The molecule has 3 nitrogen and oxygen atoms in total. The van der Waals surface area contributed by atoms with Gasteiger partial charge in [0.25, 0.3) is 0 Å². The van der Waals surface area contributed by atoms with Crippen molar-refractivity contribution in [3.8, 4) is 0 Å². The van der Waals surface area contributed by atoms with E-state index in [1.54, 1.807) is 12.1 Å². The highest BCUT2D eigenvalue weighted by atomic mass is 16.3. The fraction of sp³-hybridized carbons (Fsp3) is 0.429. The van der Waals surface area contributed by atoms with Gasteiger partial charge in [-0.05, 0) is 25.3 Å². The molecule has 1 atom stereocenters. The summed E-state index contributed by atoms with van der Waals surface area (Å²) in [5.74, 6) is -0.719. The Bertz CT molecular complexity index is 427. The Kier molecular flexibility index (Phi) is 3.83. The molecule has 1 unspecified atom stereocenters. The number of aliphatic hydroxyl groups is 1. The van der Waals surface area contributed by atoms with Gasteiger partial charge in [-0.1, -0.05) is 38.1 Å². The molecule has 0 fully saturated rings. The molecule has 0 aromatic heterocycles.